The number of H-pyrrole nitrogens is 1. The van der Waals surface area contributed by atoms with Crippen molar-refractivity contribution in [3.05, 3.63) is 70.4 Å². The van der Waals surface area contributed by atoms with Crippen LogP contribution in [-0.2, 0) is 6.54 Å². The molecule has 174 valence electrons. The molecule has 0 bridgehead atoms. The number of nitrogens with one attached hydrogen (secondary N) is 1. The maximum Gasteiger partial charge on any atom is 0.335 e. The van der Waals surface area contributed by atoms with Gasteiger partial charge in [0.05, 0.1) is 5.56 Å². The number of hydrogen-bond acceptors (Lipinski definition) is 2. The molecule has 1 saturated heterocycles. The number of likely N-dealkylation sites (tertiary alicyclic amines) is 1. The summed E-state index contributed by atoms with van der Waals surface area (Å²) < 4.78 is 0. The summed E-state index contributed by atoms with van der Waals surface area (Å²) in [5.74, 6) is 8.41. The third kappa shape index (κ3) is 4.26. The fourth-order valence-corrected chi connectivity index (χ4v) is 5.78. The smallest absolute Gasteiger partial charge is 0.335 e. The summed E-state index contributed by atoms with van der Waals surface area (Å²) >= 11 is 0. The molecule has 2 unspecified atom stereocenters. The predicted octanol–water partition coefficient (Wildman–Crippen LogP) is 6.30. The van der Waals surface area contributed by atoms with E-state index in [0.717, 1.165) is 31.3 Å². The van der Waals surface area contributed by atoms with E-state index in [4.69, 9.17) is 0 Å². The van der Waals surface area contributed by atoms with E-state index in [1.165, 1.54) is 65.3 Å². The van der Waals surface area contributed by atoms with Gasteiger partial charge in [0.1, 0.15) is 0 Å². The molecular formula is C30H32N2O2. The summed E-state index contributed by atoms with van der Waals surface area (Å²) in [6, 6.07) is 12.4. The van der Waals surface area contributed by atoms with Crippen LogP contribution in [0.25, 0.3) is 10.9 Å². The van der Waals surface area contributed by atoms with Gasteiger partial charge in [-0.15, -0.1) is 0 Å². The number of piperidine rings is 1. The number of aryl methyl sites for hydroxylation is 1. The molecule has 2 aliphatic carbocycles. The first-order chi connectivity index (χ1) is 16.6. The van der Waals surface area contributed by atoms with E-state index in [1.807, 2.05) is 18.3 Å². The summed E-state index contributed by atoms with van der Waals surface area (Å²) in [4.78, 5) is 17.5. The van der Waals surface area contributed by atoms with E-state index in [2.05, 4.69) is 40.8 Å². The highest BCUT2D eigenvalue weighted by atomic mass is 16.4. The molecule has 4 nitrogen and oxygen atoms in total. The molecule has 4 heteroatoms. The number of hydrogen-bond donors (Lipinski definition) is 2. The molecule has 2 N–H and O–H groups in total. The molecule has 2 heterocycles. The Morgan fingerprint density at radius 1 is 1.09 bits per heavy atom. The van der Waals surface area contributed by atoms with Gasteiger partial charge in [0, 0.05) is 41.2 Å². The lowest BCUT2D eigenvalue weighted by Crippen LogP contribution is -2.37. The molecule has 34 heavy (non-hydrogen) atoms. The molecule has 0 spiro atoms. The van der Waals surface area contributed by atoms with Gasteiger partial charge >= 0.3 is 5.97 Å². The van der Waals surface area contributed by atoms with E-state index in [1.54, 1.807) is 12.1 Å². The molecular weight excluding hydrogens is 420 g/mol. The summed E-state index contributed by atoms with van der Waals surface area (Å²) in [6.45, 7) is 4.10. The van der Waals surface area contributed by atoms with E-state index in [9.17, 15) is 9.90 Å². The monoisotopic (exact) mass is 452 g/mol. The van der Waals surface area contributed by atoms with E-state index in [-0.39, 0.29) is 0 Å². The first-order valence-electron chi connectivity index (χ1n) is 12.7. The number of carbonyl (C=O) groups is 1. The first-order valence-corrected chi connectivity index (χ1v) is 12.7. The Kier molecular flexibility index (Phi) is 5.46. The van der Waals surface area contributed by atoms with Crippen molar-refractivity contribution in [2.24, 2.45) is 17.8 Å². The van der Waals surface area contributed by atoms with Crippen LogP contribution < -0.4 is 0 Å². The van der Waals surface area contributed by atoms with Gasteiger partial charge in [0.25, 0.3) is 0 Å². The number of benzene rings is 2. The number of carboxylic acid groups (broad SMARTS) is 1. The van der Waals surface area contributed by atoms with Crippen molar-refractivity contribution in [3.63, 3.8) is 0 Å². The SMILES string of the molecule is Cc1cc(C#CC2CC2)c(CN2CCC(C3CC3)CC2c2ccc(C(=O)O)cc2)c2cc[nH]c12. The molecule has 3 aromatic rings. The van der Waals surface area contributed by atoms with Crippen LogP contribution in [0.15, 0.2) is 42.6 Å². The number of aromatic carboxylic acids is 1. The predicted molar refractivity (Wildman–Crippen MR) is 135 cm³/mol. The van der Waals surface area contributed by atoms with Crippen LogP contribution in [0.1, 0.15) is 77.2 Å². The minimum atomic E-state index is -0.865. The Morgan fingerprint density at radius 2 is 1.88 bits per heavy atom. The van der Waals surface area contributed by atoms with Gasteiger partial charge in [-0.1, -0.05) is 24.0 Å². The Labute approximate surface area is 201 Å². The molecule has 2 atom stereocenters. The second kappa shape index (κ2) is 8.64. The van der Waals surface area contributed by atoms with Crippen LogP contribution in [0.2, 0.25) is 0 Å². The van der Waals surface area contributed by atoms with Gasteiger partial charge in [-0.25, -0.2) is 4.79 Å². The zero-order chi connectivity index (χ0) is 23.2. The third-order valence-corrected chi connectivity index (χ3v) is 8.09. The van der Waals surface area contributed by atoms with Gasteiger partial charge < -0.3 is 10.1 Å². The minimum Gasteiger partial charge on any atom is -0.478 e. The van der Waals surface area contributed by atoms with Crippen LogP contribution in [0, 0.1) is 36.5 Å². The van der Waals surface area contributed by atoms with Crippen molar-refractivity contribution in [2.45, 2.75) is 58.0 Å². The van der Waals surface area contributed by atoms with Crippen LogP contribution >= 0.6 is 0 Å². The molecule has 1 aromatic heterocycles. The normalized spacial score (nSPS) is 23.0. The molecule has 0 amide bonds. The maximum absolute atomic E-state index is 11.4. The molecule has 3 fully saturated rings. The highest BCUT2D eigenvalue weighted by Crippen LogP contribution is 2.47. The Morgan fingerprint density at radius 3 is 2.59 bits per heavy atom. The van der Waals surface area contributed by atoms with Gasteiger partial charge in [-0.05, 0) is 105 Å². The molecule has 3 aliphatic rings. The highest BCUT2D eigenvalue weighted by molar-refractivity contribution is 5.88. The fourth-order valence-electron chi connectivity index (χ4n) is 5.78. The van der Waals surface area contributed by atoms with Crippen molar-refractivity contribution in [3.8, 4) is 11.8 Å². The summed E-state index contributed by atoms with van der Waals surface area (Å²) in [6.07, 6.45) is 9.66. The van der Waals surface area contributed by atoms with Crippen molar-refractivity contribution >= 4 is 16.9 Å². The van der Waals surface area contributed by atoms with E-state index >= 15 is 0 Å². The Hall–Kier alpha value is -3.03. The molecule has 6 rings (SSSR count). The van der Waals surface area contributed by atoms with Gasteiger partial charge in [-0.2, -0.15) is 0 Å². The number of rotatable bonds is 5. The Balaban J connectivity index is 1.36. The van der Waals surface area contributed by atoms with Crippen molar-refractivity contribution < 1.29 is 9.90 Å². The lowest BCUT2D eigenvalue weighted by atomic mass is 9.83. The lowest BCUT2D eigenvalue weighted by Gasteiger charge is -2.40. The summed E-state index contributed by atoms with van der Waals surface area (Å²) in [5, 5.41) is 10.6. The largest absolute Gasteiger partial charge is 0.478 e. The number of aromatic nitrogens is 1. The standard InChI is InChI=1S/C30H32N2O2/c1-19-16-25(5-4-20-2-3-20)27(26-12-14-31-29(19)26)18-32-15-13-24(21-6-7-21)17-28(32)22-8-10-23(11-9-22)30(33)34/h8-12,14,16,20-21,24,28,31H,2-3,6-7,13,15,17-18H2,1H3,(H,33,34). The zero-order valence-electron chi connectivity index (χ0n) is 19.8. The minimum absolute atomic E-state index is 0.307. The fraction of sp³-hybridized carbons (Fsp3) is 0.433. The molecule has 2 aromatic carbocycles. The number of nitrogens with zero attached hydrogens (tertiary/aromatic N) is 1. The third-order valence-electron chi connectivity index (χ3n) is 8.09. The maximum atomic E-state index is 11.4. The first kappa shape index (κ1) is 21.5. The zero-order valence-corrected chi connectivity index (χ0v) is 19.8. The average Bonchev–Trinajstić information content (AvgIpc) is 3.78. The van der Waals surface area contributed by atoms with Crippen molar-refractivity contribution in [1.82, 2.24) is 9.88 Å². The lowest BCUT2D eigenvalue weighted by molar-refractivity contribution is 0.0696. The second-order valence-corrected chi connectivity index (χ2v) is 10.6. The molecule has 2 saturated carbocycles. The summed E-state index contributed by atoms with van der Waals surface area (Å²) in [5.41, 5.74) is 6.54. The highest BCUT2D eigenvalue weighted by Gasteiger charge is 2.38. The van der Waals surface area contributed by atoms with Crippen LogP contribution in [-0.4, -0.2) is 27.5 Å². The van der Waals surface area contributed by atoms with E-state index in [0.29, 0.717) is 17.5 Å². The number of carboxylic acids is 1. The van der Waals surface area contributed by atoms with Crippen LogP contribution in [0.5, 0.6) is 0 Å². The van der Waals surface area contributed by atoms with Gasteiger partial charge in [0.2, 0.25) is 0 Å². The van der Waals surface area contributed by atoms with Crippen LogP contribution in [0.4, 0.5) is 0 Å². The second-order valence-electron chi connectivity index (χ2n) is 10.6. The molecule has 1 aliphatic heterocycles. The number of fused-ring (bicyclic) bond motifs is 1. The topological polar surface area (TPSA) is 56.3 Å². The number of aromatic amines is 1. The quantitative estimate of drug-likeness (QED) is 0.447. The van der Waals surface area contributed by atoms with E-state index < -0.39 is 5.97 Å². The Bertz CT molecular complexity index is 1290. The summed E-state index contributed by atoms with van der Waals surface area (Å²) in [7, 11) is 0. The molecule has 0 radical (unpaired) electrons. The van der Waals surface area contributed by atoms with Crippen molar-refractivity contribution in [2.75, 3.05) is 6.54 Å². The van der Waals surface area contributed by atoms with Crippen molar-refractivity contribution in [1.29, 1.82) is 0 Å². The average molecular weight is 453 g/mol. The van der Waals surface area contributed by atoms with Crippen LogP contribution in [0.3, 0.4) is 0 Å². The van der Waals surface area contributed by atoms with Gasteiger partial charge in [0.15, 0.2) is 0 Å². The van der Waals surface area contributed by atoms with Gasteiger partial charge in [-0.3, -0.25) is 4.90 Å².